The highest BCUT2D eigenvalue weighted by Gasteiger charge is 2.14. The molecule has 1 aromatic rings. The van der Waals surface area contributed by atoms with Crippen LogP contribution in [0.3, 0.4) is 0 Å². The smallest absolute Gasteiger partial charge is 0.274 e. The Balaban J connectivity index is 2.60. The van der Waals surface area contributed by atoms with Crippen molar-refractivity contribution < 1.29 is 9.53 Å². The van der Waals surface area contributed by atoms with E-state index in [2.05, 4.69) is 4.98 Å². The first-order chi connectivity index (χ1) is 7.66. The third-order valence-electron chi connectivity index (χ3n) is 2.23. The van der Waals surface area contributed by atoms with Gasteiger partial charge in [-0.3, -0.25) is 4.79 Å². The van der Waals surface area contributed by atoms with E-state index in [-0.39, 0.29) is 5.91 Å². The normalized spacial score (nSPS) is 10.1. The highest BCUT2D eigenvalue weighted by atomic mass is 16.5. The molecule has 1 rings (SSSR count). The third-order valence-corrected chi connectivity index (χ3v) is 2.23. The van der Waals surface area contributed by atoms with E-state index in [1.165, 1.54) is 0 Å². The highest BCUT2D eigenvalue weighted by Crippen LogP contribution is 2.09. The summed E-state index contributed by atoms with van der Waals surface area (Å²) in [6, 6.07) is 3.38. The van der Waals surface area contributed by atoms with Crippen molar-refractivity contribution in [2.75, 3.05) is 33.0 Å². The molecule has 0 saturated heterocycles. The van der Waals surface area contributed by atoms with Gasteiger partial charge >= 0.3 is 0 Å². The Morgan fingerprint density at radius 3 is 3.00 bits per heavy atom. The maximum Gasteiger partial charge on any atom is 0.274 e. The summed E-state index contributed by atoms with van der Waals surface area (Å²) in [4.78, 5) is 17.5. The molecule has 0 unspecified atom stereocenters. The van der Waals surface area contributed by atoms with Gasteiger partial charge in [-0.25, -0.2) is 4.98 Å². The van der Waals surface area contributed by atoms with Gasteiger partial charge in [-0.2, -0.15) is 0 Å². The fraction of sp³-hybridized carbons (Fsp3) is 0.455. The number of amides is 1. The molecule has 0 aliphatic rings. The first-order valence-electron chi connectivity index (χ1n) is 5.11. The Labute approximate surface area is 95.2 Å². The molecule has 1 heterocycles. The lowest BCUT2D eigenvalue weighted by Gasteiger charge is -2.16. The topological polar surface area (TPSA) is 68.5 Å². The van der Waals surface area contributed by atoms with E-state index < -0.39 is 0 Å². The van der Waals surface area contributed by atoms with Gasteiger partial charge < -0.3 is 15.4 Å². The SMILES string of the molecule is COCCCN(C)C(=O)c1ncccc1N. The molecule has 0 saturated carbocycles. The van der Waals surface area contributed by atoms with Crippen molar-refractivity contribution >= 4 is 11.6 Å². The Hall–Kier alpha value is -1.62. The molecule has 16 heavy (non-hydrogen) atoms. The van der Waals surface area contributed by atoms with Gasteiger partial charge in [0.15, 0.2) is 5.69 Å². The summed E-state index contributed by atoms with van der Waals surface area (Å²) in [6.07, 6.45) is 2.36. The molecule has 88 valence electrons. The minimum absolute atomic E-state index is 0.158. The molecular weight excluding hydrogens is 206 g/mol. The molecule has 0 atom stereocenters. The van der Waals surface area contributed by atoms with Crippen LogP contribution in [0.5, 0.6) is 0 Å². The number of nitrogens with two attached hydrogens (primary N) is 1. The number of hydrogen-bond donors (Lipinski definition) is 1. The van der Waals surface area contributed by atoms with E-state index in [4.69, 9.17) is 10.5 Å². The number of pyridine rings is 1. The number of nitrogen functional groups attached to an aromatic ring is 1. The first-order valence-corrected chi connectivity index (χ1v) is 5.11. The number of methoxy groups -OCH3 is 1. The predicted molar refractivity (Wildman–Crippen MR) is 62.1 cm³/mol. The van der Waals surface area contributed by atoms with Crippen LogP contribution in [0.4, 0.5) is 5.69 Å². The molecule has 5 nitrogen and oxygen atoms in total. The van der Waals surface area contributed by atoms with Crippen LogP contribution >= 0.6 is 0 Å². The van der Waals surface area contributed by atoms with Gasteiger partial charge in [-0.15, -0.1) is 0 Å². The number of anilines is 1. The summed E-state index contributed by atoms with van der Waals surface area (Å²) in [5.74, 6) is -0.158. The second-order valence-corrected chi connectivity index (χ2v) is 3.51. The largest absolute Gasteiger partial charge is 0.397 e. The number of nitrogens with zero attached hydrogens (tertiary/aromatic N) is 2. The summed E-state index contributed by atoms with van der Waals surface area (Å²) < 4.78 is 4.92. The van der Waals surface area contributed by atoms with Crippen molar-refractivity contribution in [3.63, 3.8) is 0 Å². The molecule has 0 bridgehead atoms. The molecule has 0 spiro atoms. The molecule has 0 radical (unpaired) electrons. The summed E-state index contributed by atoms with van der Waals surface area (Å²) >= 11 is 0. The van der Waals surface area contributed by atoms with Crippen LogP contribution in [-0.2, 0) is 4.74 Å². The van der Waals surface area contributed by atoms with Crippen molar-refractivity contribution in [3.05, 3.63) is 24.0 Å². The molecular formula is C11H17N3O2. The number of carbonyl (C=O) groups is 1. The number of hydrogen-bond acceptors (Lipinski definition) is 4. The second-order valence-electron chi connectivity index (χ2n) is 3.51. The molecule has 5 heteroatoms. The van der Waals surface area contributed by atoms with E-state index in [1.54, 1.807) is 37.4 Å². The fourth-order valence-electron chi connectivity index (χ4n) is 1.32. The van der Waals surface area contributed by atoms with E-state index in [0.29, 0.717) is 24.5 Å². The maximum atomic E-state index is 11.9. The highest BCUT2D eigenvalue weighted by molar-refractivity contribution is 5.96. The van der Waals surface area contributed by atoms with Crippen molar-refractivity contribution in [1.29, 1.82) is 0 Å². The van der Waals surface area contributed by atoms with Gasteiger partial charge in [0.2, 0.25) is 0 Å². The number of carbonyl (C=O) groups excluding carboxylic acids is 1. The van der Waals surface area contributed by atoms with Crippen molar-refractivity contribution in [3.8, 4) is 0 Å². The van der Waals surface area contributed by atoms with Gasteiger partial charge in [0, 0.05) is 33.5 Å². The van der Waals surface area contributed by atoms with Crippen LogP contribution in [0.15, 0.2) is 18.3 Å². The van der Waals surface area contributed by atoms with Gasteiger partial charge in [0.25, 0.3) is 5.91 Å². The third kappa shape index (κ3) is 3.20. The molecule has 1 aromatic heterocycles. The minimum Gasteiger partial charge on any atom is -0.397 e. The Morgan fingerprint density at radius 2 is 2.38 bits per heavy atom. The zero-order valence-corrected chi connectivity index (χ0v) is 9.64. The lowest BCUT2D eigenvalue weighted by molar-refractivity contribution is 0.0775. The minimum atomic E-state index is -0.158. The van der Waals surface area contributed by atoms with Crippen LogP contribution in [0.2, 0.25) is 0 Å². The zero-order chi connectivity index (χ0) is 12.0. The van der Waals surface area contributed by atoms with Crippen LogP contribution in [-0.4, -0.2) is 43.1 Å². The van der Waals surface area contributed by atoms with E-state index >= 15 is 0 Å². The number of ether oxygens (including phenoxy) is 1. The Kier molecular flexibility index (Phi) is 4.72. The monoisotopic (exact) mass is 223 g/mol. The van der Waals surface area contributed by atoms with Crippen LogP contribution in [0.25, 0.3) is 0 Å². The lowest BCUT2D eigenvalue weighted by atomic mass is 10.2. The summed E-state index contributed by atoms with van der Waals surface area (Å²) in [5.41, 5.74) is 6.40. The molecule has 0 aliphatic carbocycles. The van der Waals surface area contributed by atoms with E-state index in [9.17, 15) is 4.79 Å². The number of aromatic nitrogens is 1. The van der Waals surface area contributed by atoms with Crippen molar-refractivity contribution in [1.82, 2.24) is 9.88 Å². The summed E-state index contributed by atoms with van der Waals surface area (Å²) in [5, 5.41) is 0. The second kappa shape index (κ2) is 6.07. The van der Waals surface area contributed by atoms with Crippen molar-refractivity contribution in [2.45, 2.75) is 6.42 Å². The Morgan fingerprint density at radius 1 is 1.62 bits per heavy atom. The zero-order valence-electron chi connectivity index (χ0n) is 9.64. The standard InChI is InChI=1S/C11H17N3O2/c1-14(7-4-8-16-2)11(15)10-9(12)5-3-6-13-10/h3,5-6H,4,7-8,12H2,1-2H3. The molecule has 0 aliphatic heterocycles. The van der Waals surface area contributed by atoms with Crippen LogP contribution < -0.4 is 5.73 Å². The average molecular weight is 223 g/mol. The molecule has 0 fully saturated rings. The number of rotatable bonds is 5. The molecule has 0 aromatic carbocycles. The van der Waals surface area contributed by atoms with Gasteiger partial charge in [-0.05, 0) is 18.6 Å². The summed E-state index contributed by atoms with van der Waals surface area (Å²) in [6.45, 7) is 1.26. The fourth-order valence-corrected chi connectivity index (χ4v) is 1.32. The Bertz CT molecular complexity index is 355. The average Bonchev–Trinajstić information content (AvgIpc) is 2.29. The molecule has 2 N–H and O–H groups in total. The predicted octanol–water partition coefficient (Wildman–Crippen LogP) is 0.772. The summed E-state index contributed by atoms with van der Waals surface area (Å²) in [7, 11) is 3.37. The van der Waals surface area contributed by atoms with Gasteiger partial charge in [0.1, 0.15) is 0 Å². The van der Waals surface area contributed by atoms with Gasteiger partial charge in [0.05, 0.1) is 5.69 Å². The van der Waals surface area contributed by atoms with E-state index in [1.807, 2.05) is 0 Å². The lowest BCUT2D eigenvalue weighted by Crippen LogP contribution is -2.29. The quantitative estimate of drug-likeness (QED) is 0.749. The van der Waals surface area contributed by atoms with Gasteiger partial charge in [-0.1, -0.05) is 0 Å². The van der Waals surface area contributed by atoms with Crippen LogP contribution in [0, 0.1) is 0 Å². The van der Waals surface area contributed by atoms with E-state index in [0.717, 1.165) is 6.42 Å². The molecule has 1 amide bonds. The first kappa shape index (κ1) is 12.4. The van der Waals surface area contributed by atoms with Crippen molar-refractivity contribution in [2.24, 2.45) is 0 Å². The van der Waals surface area contributed by atoms with Crippen LogP contribution in [0.1, 0.15) is 16.9 Å². The maximum absolute atomic E-state index is 11.9.